The zero-order chi connectivity index (χ0) is 11.8. The average Bonchev–Trinajstić information content (AvgIpc) is 2.27. The Morgan fingerprint density at radius 3 is 2.31 bits per heavy atom. The van der Waals surface area contributed by atoms with Crippen LogP contribution in [-0.4, -0.2) is 18.3 Å². The highest BCUT2D eigenvalue weighted by Crippen LogP contribution is 2.34. The van der Waals surface area contributed by atoms with Crippen molar-refractivity contribution >= 4 is 0 Å². The maximum atomic E-state index is 13.5. The molecule has 1 aliphatic heterocycles. The molecule has 0 aromatic heterocycles. The highest BCUT2D eigenvalue weighted by molar-refractivity contribution is 5.26. The topological polar surface area (TPSA) is 29.5 Å². The fourth-order valence-electron chi connectivity index (χ4n) is 1.86. The van der Waals surface area contributed by atoms with Gasteiger partial charge in [-0.2, -0.15) is 0 Å². The van der Waals surface area contributed by atoms with E-state index in [1.807, 2.05) is 0 Å². The molecule has 16 heavy (non-hydrogen) atoms. The monoisotopic (exact) mass is 232 g/mol. The van der Waals surface area contributed by atoms with Gasteiger partial charge in [0.25, 0.3) is 0 Å². The van der Waals surface area contributed by atoms with Gasteiger partial charge in [0.05, 0.1) is 5.60 Å². The van der Waals surface area contributed by atoms with Gasteiger partial charge in [-0.25, -0.2) is 13.2 Å². The van der Waals surface area contributed by atoms with Crippen LogP contribution in [0, 0.1) is 17.5 Å². The van der Waals surface area contributed by atoms with Gasteiger partial charge >= 0.3 is 0 Å². The number of ether oxygens (including phenoxy) is 1. The maximum Gasteiger partial charge on any atom is 0.194 e. The van der Waals surface area contributed by atoms with E-state index >= 15 is 0 Å². The highest BCUT2D eigenvalue weighted by atomic mass is 19.2. The molecule has 0 saturated carbocycles. The Balaban J connectivity index is 2.43. The zero-order valence-electron chi connectivity index (χ0n) is 8.47. The van der Waals surface area contributed by atoms with Crippen molar-refractivity contribution in [3.8, 4) is 0 Å². The maximum absolute atomic E-state index is 13.5. The lowest BCUT2D eigenvalue weighted by atomic mass is 9.86. The highest BCUT2D eigenvalue weighted by Gasteiger charge is 2.35. The molecule has 88 valence electrons. The third-order valence-electron chi connectivity index (χ3n) is 2.86. The molecule has 2 rings (SSSR count). The standard InChI is InChI=1S/C11H11F3O2/c12-8-2-1-7(9(13)10(8)14)11(15)3-5-16-6-4-11/h1-2,15H,3-6H2. The summed E-state index contributed by atoms with van der Waals surface area (Å²) >= 11 is 0. The summed E-state index contributed by atoms with van der Waals surface area (Å²) in [5, 5.41) is 10.1. The van der Waals surface area contributed by atoms with E-state index < -0.39 is 23.1 Å². The van der Waals surface area contributed by atoms with Crippen molar-refractivity contribution in [3.05, 3.63) is 35.1 Å². The quantitative estimate of drug-likeness (QED) is 0.751. The van der Waals surface area contributed by atoms with Crippen LogP contribution in [0.2, 0.25) is 0 Å². The van der Waals surface area contributed by atoms with Crippen LogP contribution in [0.1, 0.15) is 18.4 Å². The molecule has 1 aromatic carbocycles. The predicted molar refractivity (Wildman–Crippen MR) is 50.3 cm³/mol. The van der Waals surface area contributed by atoms with Gasteiger partial charge in [0, 0.05) is 31.6 Å². The molecular weight excluding hydrogens is 221 g/mol. The molecule has 5 heteroatoms. The Morgan fingerprint density at radius 2 is 1.69 bits per heavy atom. The van der Waals surface area contributed by atoms with Crippen molar-refractivity contribution in [2.24, 2.45) is 0 Å². The van der Waals surface area contributed by atoms with E-state index in [0.717, 1.165) is 12.1 Å². The van der Waals surface area contributed by atoms with E-state index in [-0.39, 0.29) is 31.6 Å². The van der Waals surface area contributed by atoms with Crippen molar-refractivity contribution in [2.45, 2.75) is 18.4 Å². The molecule has 1 aliphatic rings. The van der Waals surface area contributed by atoms with Crippen LogP contribution in [0.25, 0.3) is 0 Å². The number of aliphatic hydroxyl groups is 1. The molecule has 0 spiro atoms. The van der Waals surface area contributed by atoms with Crippen LogP contribution >= 0.6 is 0 Å². The minimum atomic E-state index is -1.54. The second-order valence-corrected chi connectivity index (χ2v) is 3.87. The lowest BCUT2D eigenvalue weighted by Gasteiger charge is -2.32. The number of hydrogen-bond acceptors (Lipinski definition) is 2. The van der Waals surface area contributed by atoms with Crippen LogP contribution < -0.4 is 0 Å². The molecule has 0 unspecified atom stereocenters. The third kappa shape index (κ3) is 1.81. The van der Waals surface area contributed by atoms with E-state index in [4.69, 9.17) is 4.74 Å². The first-order valence-electron chi connectivity index (χ1n) is 4.99. The summed E-state index contributed by atoms with van der Waals surface area (Å²) in [6.45, 7) is 0.546. The van der Waals surface area contributed by atoms with E-state index in [9.17, 15) is 18.3 Å². The van der Waals surface area contributed by atoms with Gasteiger partial charge in [0.2, 0.25) is 0 Å². The summed E-state index contributed by atoms with van der Waals surface area (Å²) in [6, 6.07) is 1.90. The van der Waals surface area contributed by atoms with Crippen molar-refractivity contribution in [2.75, 3.05) is 13.2 Å². The molecule has 0 aliphatic carbocycles. The molecule has 0 bridgehead atoms. The van der Waals surface area contributed by atoms with E-state index in [0.29, 0.717) is 0 Å². The molecule has 0 atom stereocenters. The number of hydrogen-bond donors (Lipinski definition) is 1. The summed E-state index contributed by atoms with van der Waals surface area (Å²) < 4.78 is 44.3. The average molecular weight is 232 g/mol. The smallest absolute Gasteiger partial charge is 0.194 e. The molecule has 0 amide bonds. The van der Waals surface area contributed by atoms with Crippen molar-refractivity contribution in [1.82, 2.24) is 0 Å². The number of benzene rings is 1. The fraction of sp³-hybridized carbons (Fsp3) is 0.455. The van der Waals surface area contributed by atoms with E-state index in [1.54, 1.807) is 0 Å². The Kier molecular flexibility index (Phi) is 2.90. The second-order valence-electron chi connectivity index (χ2n) is 3.87. The zero-order valence-corrected chi connectivity index (χ0v) is 8.47. The summed E-state index contributed by atoms with van der Waals surface area (Å²) in [7, 11) is 0. The van der Waals surface area contributed by atoms with Crippen molar-refractivity contribution < 1.29 is 23.0 Å². The second kappa shape index (κ2) is 4.07. The Morgan fingerprint density at radius 1 is 1.06 bits per heavy atom. The van der Waals surface area contributed by atoms with Gasteiger partial charge < -0.3 is 9.84 Å². The minimum absolute atomic E-state index is 0.176. The molecule has 1 fully saturated rings. The van der Waals surface area contributed by atoms with Crippen LogP contribution in [0.15, 0.2) is 12.1 Å². The molecule has 1 heterocycles. The molecular formula is C11H11F3O2. The SMILES string of the molecule is OC1(c2ccc(F)c(F)c2F)CCOCC1. The van der Waals surface area contributed by atoms with Gasteiger partial charge in [0.15, 0.2) is 17.5 Å². The molecule has 1 aromatic rings. The van der Waals surface area contributed by atoms with Crippen molar-refractivity contribution in [1.29, 1.82) is 0 Å². The van der Waals surface area contributed by atoms with Crippen LogP contribution in [0.3, 0.4) is 0 Å². The summed E-state index contributed by atoms with van der Waals surface area (Å²) in [4.78, 5) is 0. The van der Waals surface area contributed by atoms with E-state index in [1.165, 1.54) is 0 Å². The summed E-state index contributed by atoms with van der Waals surface area (Å²) in [5.41, 5.74) is -1.66. The number of halogens is 3. The lowest BCUT2D eigenvalue weighted by Crippen LogP contribution is -2.34. The summed E-state index contributed by atoms with van der Waals surface area (Å²) in [6.07, 6.45) is 0.351. The Labute approximate surface area is 90.7 Å². The minimum Gasteiger partial charge on any atom is -0.385 e. The largest absolute Gasteiger partial charge is 0.385 e. The molecule has 1 N–H and O–H groups in total. The van der Waals surface area contributed by atoms with E-state index in [2.05, 4.69) is 0 Å². The number of rotatable bonds is 1. The third-order valence-corrected chi connectivity index (χ3v) is 2.86. The summed E-state index contributed by atoms with van der Waals surface area (Å²) in [5.74, 6) is -4.11. The molecule has 0 radical (unpaired) electrons. The first-order valence-corrected chi connectivity index (χ1v) is 4.99. The predicted octanol–water partition coefficient (Wildman–Crippen LogP) is 2.10. The Bertz CT molecular complexity index is 400. The first-order chi connectivity index (χ1) is 7.54. The van der Waals surface area contributed by atoms with Gasteiger partial charge in [-0.1, -0.05) is 6.07 Å². The molecule has 2 nitrogen and oxygen atoms in total. The lowest BCUT2D eigenvalue weighted by molar-refractivity contribution is -0.0701. The van der Waals surface area contributed by atoms with Gasteiger partial charge in [0.1, 0.15) is 0 Å². The van der Waals surface area contributed by atoms with Gasteiger partial charge in [-0.15, -0.1) is 0 Å². The normalized spacial score (nSPS) is 19.8. The Hall–Kier alpha value is -1.07. The molecule has 1 saturated heterocycles. The van der Waals surface area contributed by atoms with Gasteiger partial charge in [-0.3, -0.25) is 0 Å². The van der Waals surface area contributed by atoms with Gasteiger partial charge in [-0.05, 0) is 6.07 Å². The first kappa shape index (κ1) is 11.4. The fourth-order valence-corrected chi connectivity index (χ4v) is 1.86. The van der Waals surface area contributed by atoms with Crippen molar-refractivity contribution in [3.63, 3.8) is 0 Å². The van der Waals surface area contributed by atoms with Crippen LogP contribution in [-0.2, 0) is 10.3 Å². The van der Waals surface area contributed by atoms with Crippen LogP contribution in [0.4, 0.5) is 13.2 Å². The van der Waals surface area contributed by atoms with Crippen LogP contribution in [0.5, 0.6) is 0 Å².